The predicted octanol–water partition coefficient (Wildman–Crippen LogP) is 16.7. The van der Waals surface area contributed by atoms with Gasteiger partial charge in [-0.15, -0.1) is 0 Å². The summed E-state index contributed by atoms with van der Waals surface area (Å²) in [5.74, 6) is 0. The van der Waals surface area contributed by atoms with Crippen LogP contribution in [0, 0.1) is 0 Å². The van der Waals surface area contributed by atoms with Crippen molar-refractivity contribution in [3.63, 3.8) is 0 Å². The lowest BCUT2D eigenvalue weighted by molar-refractivity contribution is 0.208. The maximum absolute atomic E-state index is 11.9. The molecule has 0 aromatic rings. The van der Waals surface area contributed by atoms with E-state index in [9.17, 15) is 8.42 Å². The summed E-state index contributed by atoms with van der Waals surface area (Å²) in [5.41, 5.74) is 0. The van der Waals surface area contributed by atoms with E-state index < -0.39 is 10.4 Å². The van der Waals surface area contributed by atoms with Crippen molar-refractivity contribution in [1.82, 2.24) is 0 Å². The van der Waals surface area contributed by atoms with Crippen LogP contribution >= 0.6 is 0 Å². The second-order valence-corrected chi connectivity index (χ2v) is 17.5. The van der Waals surface area contributed by atoms with Crippen LogP contribution < -0.4 is 0 Å². The second-order valence-electron chi connectivity index (χ2n) is 16.2. The van der Waals surface area contributed by atoms with Crippen molar-refractivity contribution in [2.24, 2.45) is 0 Å². The zero-order valence-electron chi connectivity index (χ0n) is 35.2. The van der Waals surface area contributed by atoms with Crippen molar-refractivity contribution in [2.75, 3.05) is 13.2 Å². The fraction of sp³-hybridized carbons (Fsp3) is 1.00. The highest BCUT2D eigenvalue weighted by molar-refractivity contribution is 7.81. The Morgan fingerprint density at radius 2 is 0.373 bits per heavy atom. The first-order chi connectivity index (χ1) is 25.1. The molecule has 5 heteroatoms. The van der Waals surface area contributed by atoms with Crippen molar-refractivity contribution in [3.05, 3.63) is 0 Å². The number of hydrogen-bond acceptors (Lipinski definition) is 4. The average Bonchev–Trinajstić information content (AvgIpc) is 3.12. The first-order valence-corrected chi connectivity index (χ1v) is 25.0. The lowest BCUT2D eigenvalue weighted by Crippen LogP contribution is -2.12. The van der Waals surface area contributed by atoms with E-state index in [1.807, 2.05) is 0 Å². The minimum absolute atomic E-state index is 0.248. The molecule has 0 aliphatic carbocycles. The van der Waals surface area contributed by atoms with E-state index in [0.717, 1.165) is 32.1 Å². The summed E-state index contributed by atoms with van der Waals surface area (Å²) < 4.78 is 33.9. The third-order valence-electron chi connectivity index (χ3n) is 11.0. The third kappa shape index (κ3) is 46.0. The Kier molecular flexibility index (Phi) is 44.2. The first-order valence-electron chi connectivity index (χ1n) is 23.7. The monoisotopic (exact) mass is 743 g/mol. The molecule has 0 aromatic heterocycles. The SMILES string of the molecule is CCCCCCCCCCCCCCCCCCCCCCCCCCCCCCCCCCOS(=O)(=O)OCCCCCCCCCCCC. The van der Waals surface area contributed by atoms with Gasteiger partial charge in [-0.25, -0.2) is 8.37 Å². The van der Waals surface area contributed by atoms with E-state index in [1.54, 1.807) is 0 Å². The molecule has 4 nitrogen and oxygen atoms in total. The maximum atomic E-state index is 11.9. The molecular weight excluding hydrogens is 649 g/mol. The Labute approximate surface area is 322 Å². The molecule has 0 fully saturated rings. The molecule has 0 spiro atoms. The quantitative estimate of drug-likeness (QED) is 0.0583. The molecular formula is C46H94O4S. The van der Waals surface area contributed by atoms with Crippen molar-refractivity contribution in [2.45, 2.75) is 284 Å². The van der Waals surface area contributed by atoms with Gasteiger partial charge in [0.1, 0.15) is 0 Å². The number of rotatable bonds is 46. The topological polar surface area (TPSA) is 52.6 Å². The summed E-state index contributed by atoms with van der Waals surface area (Å²) >= 11 is 0. The van der Waals surface area contributed by atoms with Crippen LogP contribution in [-0.2, 0) is 18.8 Å². The summed E-state index contributed by atoms with van der Waals surface area (Å²) in [4.78, 5) is 0. The summed E-state index contributed by atoms with van der Waals surface area (Å²) in [5, 5.41) is 0. The molecule has 0 aliphatic rings. The van der Waals surface area contributed by atoms with Gasteiger partial charge in [0, 0.05) is 0 Å². The highest BCUT2D eigenvalue weighted by Gasteiger charge is 2.11. The van der Waals surface area contributed by atoms with Crippen molar-refractivity contribution < 1.29 is 16.8 Å². The molecule has 0 amide bonds. The fourth-order valence-corrected chi connectivity index (χ4v) is 8.14. The van der Waals surface area contributed by atoms with Gasteiger partial charge < -0.3 is 0 Å². The van der Waals surface area contributed by atoms with E-state index in [1.165, 1.54) is 238 Å². The lowest BCUT2D eigenvalue weighted by Gasteiger charge is -2.07. The van der Waals surface area contributed by atoms with Crippen LogP contribution in [0.1, 0.15) is 284 Å². The molecule has 0 aromatic carbocycles. The van der Waals surface area contributed by atoms with Gasteiger partial charge in [-0.3, -0.25) is 0 Å². The van der Waals surface area contributed by atoms with Crippen LogP contribution in [0.2, 0.25) is 0 Å². The van der Waals surface area contributed by atoms with Gasteiger partial charge in [0.25, 0.3) is 0 Å². The van der Waals surface area contributed by atoms with Crippen molar-refractivity contribution in [1.29, 1.82) is 0 Å². The Balaban J connectivity index is 3.19. The molecule has 0 heterocycles. The Morgan fingerprint density at radius 3 is 0.529 bits per heavy atom. The molecule has 0 rings (SSSR count). The standard InChI is InChI=1S/C46H94O4S/c1-3-5-7-9-11-13-15-16-17-18-19-20-21-22-23-24-25-26-27-28-29-30-31-32-33-34-35-36-38-40-42-44-46-50-51(47,48)49-45-43-41-39-37-14-12-10-8-6-4-2/h3-46H2,1-2H3. The smallest absolute Gasteiger partial charge is 0.248 e. The molecule has 0 unspecified atom stereocenters. The first kappa shape index (κ1) is 50.9. The maximum Gasteiger partial charge on any atom is 0.399 e. The van der Waals surface area contributed by atoms with Gasteiger partial charge in [-0.1, -0.05) is 271 Å². The van der Waals surface area contributed by atoms with Gasteiger partial charge >= 0.3 is 10.4 Å². The van der Waals surface area contributed by atoms with E-state index in [0.29, 0.717) is 0 Å². The molecule has 0 aliphatic heterocycles. The van der Waals surface area contributed by atoms with Crippen LogP contribution in [-0.4, -0.2) is 21.6 Å². The number of unbranched alkanes of at least 4 members (excludes halogenated alkanes) is 40. The fourth-order valence-electron chi connectivity index (χ4n) is 7.42. The molecule has 0 atom stereocenters. The number of hydrogen-bond donors (Lipinski definition) is 0. The zero-order valence-corrected chi connectivity index (χ0v) is 36.0. The van der Waals surface area contributed by atoms with E-state index in [2.05, 4.69) is 13.8 Å². The van der Waals surface area contributed by atoms with E-state index in [4.69, 9.17) is 8.37 Å². The molecule has 0 bridgehead atoms. The average molecular weight is 743 g/mol. The molecule has 0 saturated heterocycles. The lowest BCUT2D eigenvalue weighted by atomic mass is 10.0. The highest BCUT2D eigenvalue weighted by Crippen LogP contribution is 2.17. The largest absolute Gasteiger partial charge is 0.399 e. The Hall–Kier alpha value is -0.130. The third-order valence-corrected chi connectivity index (χ3v) is 11.9. The van der Waals surface area contributed by atoms with Gasteiger partial charge in [0.2, 0.25) is 0 Å². The van der Waals surface area contributed by atoms with Crippen molar-refractivity contribution >= 4 is 10.4 Å². The molecule has 0 radical (unpaired) electrons. The van der Waals surface area contributed by atoms with Gasteiger partial charge in [0.05, 0.1) is 13.2 Å². The Bertz CT molecular complexity index is 725. The second kappa shape index (κ2) is 44.3. The predicted molar refractivity (Wildman–Crippen MR) is 226 cm³/mol. The van der Waals surface area contributed by atoms with Gasteiger partial charge in [-0.2, -0.15) is 8.42 Å². The van der Waals surface area contributed by atoms with E-state index in [-0.39, 0.29) is 13.2 Å². The summed E-state index contributed by atoms with van der Waals surface area (Å²) in [6.07, 6.45) is 56.8. The van der Waals surface area contributed by atoms with E-state index >= 15 is 0 Å². The zero-order chi connectivity index (χ0) is 37.0. The van der Waals surface area contributed by atoms with Crippen LogP contribution in [0.15, 0.2) is 0 Å². The molecule has 51 heavy (non-hydrogen) atoms. The highest BCUT2D eigenvalue weighted by atomic mass is 32.3. The van der Waals surface area contributed by atoms with Gasteiger partial charge in [-0.05, 0) is 12.8 Å². The van der Waals surface area contributed by atoms with Crippen molar-refractivity contribution in [3.8, 4) is 0 Å². The molecule has 0 saturated carbocycles. The molecule has 0 N–H and O–H groups in total. The summed E-state index contributed by atoms with van der Waals surface area (Å²) in [7, 11) is -3.82. The normalized spacial score (nSPS) is 12.0. The summed E-state index contributed by atoms with van der Waals surface area (Å²) in [6.45, 7) is 5.05. The minimum Gasteiger partial charge on any atom is -0.248 e. The van der Waals surface area contributed by atoms with Crippen LogP contribution in [0.25, 0.3) is 0 Å². The van der Waals surface area contributed by atoms with Gasteiger partial charge in [0.15, 0.2) is 0 Å². The Morgan fingerprint density at radius 1 is 0.235 bits per heavy atom. The minimum atomic E-state index is -3.82. The van der Waals surface area contributed by atoms with Crippen LogP contribution in [0.4, 0.5) is 0 Å². The van der Waals surface area contributed by atoms with Crippen LogP contribution in [0.5, 0.6) is 0 Å². The molecule has 308 valence electrons. The van der Waals surface area contributed by atoms with Crippen LogP contribution in [0.3, 0.4) is 0 Å². The summed E-state index contributed by atoms with van der Waals surface area (Å²) in [6, 6.07) is 0.